The van der Waals surface area contributed by atoms with Crippen LogP contribution in [0.5, 0.6) is 0 Å². The molecule has 0 N–H and O–H groups in total. The van der Waals surface area contributed by atoms with E-state index in [9.17, 15) is 0 Å². The molecule has 3 heteroatoms. The summed E-state index contributed by atoms with van der Waals surface area (Å²) >= 11 is 0. The molecule has 0 fully saturated rings. The zero-order valence-corrected chi connectivity index (χ0v) is 14.8. The van der Waals surface area contributed by atoms with Crippen LogP contribution in [0.1, 0.15) is 16.7 Å². The molecule has 4 aromatic rings. The number of rotatable bonds is 5. The van der Waals surface area contributed by atoms with Crippen molar-refractivity contribution in [3.63, 3.8) is 0 Å². The Kier molecular flexibility index (Phi) is 5.52. The van der Waals surface area contributed by atoms with E-state index in [2.05, 4.69) is 82.5 Å². The highest BCUT2D eigenvalue weighted by atomic mass is 35.5. The van der Waals surface area contributed by atoms with Gasteiger partial charge in [0.15, 0.2) is 0 Å². The first-order chi connectivity index (χ1) is 11.9. The highest BCUT2D eigenvalue weighted by Gasteiger charge is 2.08. The number of aromatic nitrogens is 2. The molecule has 0 spiro atoms. The van der Waals surface area contributed by atoms with E-state index in [0.29, 0.717) is 0 Å². The van der Waals surface area contributed by atoms with E-state index in [4.69, 9.17) is 0 Å². The fourth-order valence-corrected chi connectivity index (χ4v) is 3.26. The molecule has 2 heterocycles. The van der Waals surface area contributed by atoms with Gasteiger partial charge >= 0.3 is 0 Å². The summed E-state index contributed by atoms with van der Waals surface area (Å²) in [5.41, 5.74) is 5.40. The molecule has 2 nitrogen and oxygen atoms in total. The van der Waals surface area contributed by atoms with E-state index in [1.807, 2.05) is 12.4 Å². The number of benzene rings is 2. The van der Waals surface area contributed by atoms with Crippen molar-refractivity contribution in [2.45, 2.75) is 19.4 Å². The van der Waals surface area contributed by atoms with Crippen molar-refractivity contribution in [2.75, 3.05) is 0 Å². The molecule has 2 aromatic heterocycles. The summed E-state index contributed by atoms with van der Waals surface area (Å²) in [4.78, 5) is 4.10. The molecule has 0 saturated heterocycles. The fraction of sp³-hybridized carbons (Fsp3) is 0.136. The summed E-state index contributed by atoms with van der Waals surface area (Å²) in [7, 11) is 0. The van der Waals surface area contributed by atoms with Crippen LogP contribution in [-0.4, -0.2) is 9.55 Å². The average molecular weight is 349 g/mol. The van der Waals surface area contributed by atoms with Crippen molar-refractivity contribution in [3.05, 3.63) is 102 Å². The molecular weight excluding hydrogens is 328 g/mol. The van der Waals surface area contributed by atoms with Gasteiger partial charge in [0.2, 0.25) is 0 Å². The second-order valence-corrected chi connectivity index (χ2v) is 6.14. The van der Waals surface area contributed by atoms with Gasteiger partial charge in [-0.25, -0.2) is 0 Å². The van der Waals surface area contributed by atoms with E-state index in [1.165, 1.54) is 27.6 Å². The Labute approximate surface area is 154 Å². The third-order valence-electron chi connectivity index (χ3n) is 4.50. The molecule has 0 atom stereocenters. The number of para-hydroxylation sites is 1. The summed E-state index contributed by atoms with van der Waals surface area (Å²) in [6.07, 6.45) is 8.15. The van der Waals surface area contributed by atoms with Crippen molar-refractivity contribution in [2.24, 2.45) is 0 Å². The summed E-state index contributed by atoms with van der Waals surface area (Å²) in [6, 6.07) is 23.5. The monoisotopic (exact) mass is 348 g/mol. The maximum Gasteiger partial charge on any atom is 0.0486 e. The van der Waals surface area contributed by atoms with E-state index in [-0.39, 0.29) is 12.4 Å². The summed E-state index contributed by atoms with van der Waals surface area (Å²) in [5, 5.41) is 1.36. The van der Waals surface area contributed by atoms with E-state index >= 15 is 0 Å². The van der Waals surface area contributed by atoms with Gasteiger partial charge in [0, 0.05) is 36.0 Å². The maximum atomic E-state index is 4.10. The molecule has 25 heavy (non-hydrogen) atoms. The van der Waals surface area contributed by atoms with Gasteiger partial charge in [0.1, 0.15) is 0 Å². The van der Waals surface area contributed by atoms with Gasteiger partial charge in [-0.2, -0.15) is 0 Å². The smallest absolute Gasteiger partial charge is 0.0486 e. The lowest BCUT2D eigenvalue weighted by Gasteiger charge is -2.05. The van der Waals surface area contributed by atoms with Gasteiger partial charge in [-0.15, -0.1) is 12.4 Å². The first kappa shape index (κ1) is 17.2. The van der Waals surface area contributed by atoms with Gasteiger partial charge in [-0.1, -0.05) is 48.5 Å². The predicted molar refractivity (Wildman–Crippen MR) is 106 cm³/mol. The second kappa shape index (κ2) is 8.00. The molecule has 0 radical (unpaired) electrons. The Bertz CT molecular complexity index is 930. The van der Waals surface area contributed by atoms with Gasteiger partial charge in [0.25, 0.3) is 0 Å². The van der Waals surface area contributed by atoms with Crippen molar-refractivity contribution >= 4 is 23.3 Å². The number of nitrogens with zero attached hydrogens (tertiary/aromatic N) is 2. The third kappa shape index (κ3) is 3.92. The van der Waals surface area contributed by atoms with Crippen LogP contribution in [0.15, 0.2) is 85.3 Å². The van der Waals surface area contributed by atoms with Crippen LogP contribution < -0.4 is 0 Å². The molecule has 0 bridgehead atoms. The van der Waals surface area contributed by atoms with Gasteiger partial charge in [-0.05, 0) is 47.7 Å². The van der Waals surface area contributed by atoms with Crippen molar-refractivity contribution in [3.8, 4) is 0 Å². The van der Waals surface area contributed by atoms with Gasteiger partial charge in [-0.3, -0.25) is 4.98 Å². The largest absolute Gasteiger partial charge is 0.343 e. The first-order valence-corrected chi connectivity index (χ1v) is 8.40. The number of halogens is 1. The average Bonchev–Trinajstić information content (AvgIpc) is 3.00. The fourth-order valence-electron chi connectivity index (χ4n) is 3.26. The third-order valence-corrected chi connectivity index (χ3v) is 4.50. The molecule has 0 aliphatic rings. The Morgan fingerprint density at radius 3 is 2.24 bits per heavy atom. The van der Waals surface area contributed by atoms with E-state index in [0.717, 1.165) is 19.4 Å². The molecule has 0 saturated carbocycles. The van der Waals surface area contributed by atoms with Crippen LogP contribution in [-0.2, 0) is 19.4 Å². The molecule has 0 unspecified atom stereocenters. The lowest BCUT2D eigenvalue weighted by molar-refractivity contribution is 0.826. The summed E-state index contributed by atoms with van der Waals surface area (Å²) in [5.74, 6) is 0. The predicted octanol–water partition coefficient (Wildman–Crippen LogP) is 5.29. The molecular formula is C22H21ClN2. The normalized spacial score (nSPS) is 10.6. The maximum absolute atomic E-state index is 4.10. The minimum absolute atomic E-state index is 0. The Balaban J connectivity index is 0.00000182. The molecule has 0 aliphatic heterocycles. The first-order valence-electron chi connectivity index (χ1n) is 8.40. The minimum atomic E-state index is 0. The van der Waals surface area contributed by atoms with Crippen LogP contribution in [0, 0.1) is 0 Å². The van der Waals surface area contributed by atoms with Crippen LogP contribution in [0.2, 0.25) is 0 Å². The second-order valence-electron chi connectivity index (χ2n) is 6.14. The van der Waals surface area contributed by atoms with E-state index < -0.39 is 0 Å². The number of fused-ring (bicyclic) bond motifs is 1. The number of aryl methyl sites for hydroxylation is 2. The summed E-state index contributed by atoms with van der Waals surface area (Å²) in [6.45, 7) is 0.913. The molecule has 2 aromatic carbocycles. The highest BCUT2D eigenvalue weighted by Crippen LogP contribution is 2.23. The lowest BCUT2D eigenvalue weighted by atomic mass is 10.0. The molecule has 0 amide bonds. The van der Waals surface area contributed by atoms with E-state index in [1.54, 1.807) is 0 Å². The van der Waals surface area contributed by atoms with Crippen LogP contribution in [0.25, 0.3) is 10.9 Å². The number of hydrogen-bond donors (Lipinski definition) is 0. The standard InChI is InChI=1S/C22H20N2.ClH/c1-2-6-19(7-3-1)16-24-17-20(21-8-4-5-9-22(21)24)11-10-18-12-14-23-15-13-18;/h1-9,12-15,17H,10-11,16H2;1H. The van der Waals surface area contributed by atoms with Crippen LogP contribution >= 0.6 is 12.4 Å². The van der Waals surface area contributed by atoms with Crippen molar-refractivity contribution < 1.29 is 0 Å². The zero-order valence-electron chi connectivity index (χ0n) is 14.0. The molecule has 4 rings (SSSR count). The Hall–Kier alpha value is -2.58. The summed E-state index contributed by atoms with van der Waals surface area (Å²) < 4.78 is 2.37. The van der Waals surface area contributed by atoms with Gasteiger partial charge in [0.05, 0.1) is 0 Å². The highest BCUT2D eigenvalue weighted by molar-refractivity contribution is 5.85. The Morgan fingerprint density at radius 2 is 1.44 bits per heavy atom. The van der Waals surface area contributed by atoms with Crippen molar-refractivity contribution in [1.29, 1.82) is 0 Å². The molecule has 126 valence electrons. The molecule has 0 aliphatic carbocycles. The van der Waals surface area contributed by atoms with Crippen LogP contribution in [0.3, 0.4) is 0 Å². The lowest BCUT2D eigenvalue weighted by Crippen LogP contribution is -1.97. The van der Waals surface area contributed by atoms with Crippen molar-refractivity contribution in [1.82, 2.24) is 9.55 Å². The number of pyridine rings is 1. The van der Waals surface area contributed by atoms with Gasteiger partial charge < -0.3 is 4.57 Å². The van der Waals surface area contributed by atoms with Crippen LogP contribution in [0.4, 0.5) is 0 Å². The SMILES string of the molecule is Cl.c1ccc(Cn2cc(CCc3ccncc3)c3ccccc32)cc1. The minimum Gasteiger partial charge on any atom is -0.343 e. The topological polar surface area (TPSA) is 17.8 Å². The quantitative estimate of drug-likeness (QED) is 0.479. The Morgan fingerprint density at radius 1 is 0.720 bits per heavy atom. The zero-order chi connectivity index (χ0) is 16.2. The number of hydrogen-bond acceptors (Lipinski definition) is 1.